The zero-order valence-electron chi connectivity index (χ0n) is 21.2. The monoisotopic (exact) mass is 577 g/mol. The molecule has 0 aliphatic carbocycles. The van der Waals surface area contributed by atoms with Crippen molar-refractivity contribution in [2.75, 3.05) is 29.9 Å². The largest absolute Gasteiger partial charge is 1.00 e. The molecule has 38 heavy (non-hydrogen) atoms. The molecule has 1 unspecified atom stereocenters. The van der Waals surface area contributed by atoms with Crippen molar-refractivity contribution in [2.45, 2.75) is 44.6 Å². The van der Waals surface area contributed by atoms with E-state index in [-0.39, 0.29) is 70.3 Å². The first kappa shape index (κ1) is 29.3. The number of hydrogen-bond acceptors (Lipinski definition) is 7. The molecule has 0 fully saturated rings. The second-order valence-electron chi connectivity index (χ2n) is 9.35. The summed E-state index contributed by atoms with van der Waals surface area (Å²) in [4.78, 5) is 26.9. The number of aromatic amines is 2. The molecule has 0 saturated heterocycles. The molecule has 9 nitrogen and oxygen atoms in total. The number of carboxylic acids is 1. The fourth-order valence-electron chi connectivity index (χ4n) is 5.21. The molecule has 3 heterocycles. The van der Waals surface area contributed by atoms with Gasteiger partial charge in [0, 0.05) is 37.5 Å². The van der Waals surface area contributed by atoms with Crippen LogP contribution in [-0.2, 0) is 27.2 Å². The molecule has 2 aliphatic heterocycles. The predicted octanol–water partition coefficient (Wildman–Crippen LogP) is 0.522. The summed E-state index contributed by atoms with van der Waals surface area (Å²) in [7, 11) is 0. The third kappa shape index (κ3) is 6.56. The fourth-order valence-corrected chi connectivity index (χ4v) is 5.76. The minimum Gasteiger partial charge on any atom is -0.547 e. The number of carboxylic acid groups (broad SMARTS) is 1. The Morgan fingerprint density at radius 3 is 2.34 bits per heavy atom. The summed E-state index contributed by atoms with van der Waals surface area (Å²) in [6.07, 6.45) is 3.40. The van der Waals surface area contributed by atoms with Crippen molar-refractivity contribution < 1.29 is 70.8 Å². The number of aryl methyl sites for hydroxylation is 2. The minimum atomic E-state index is -1.27. The number of aliphatic carboxylic acids is 1. The second kappa shape index (κ2) is 13.1. The molecule has 12 heteroatoms. The van der Waals surface area contributed by atoms with Gasteiger partial charge in [0.2, 0.25) is 5.91 Å². The number of H-pyrrole nitrogens is 2. The number of carbonyl (C=O) groups excluding carboxylic acids is 2. The number of aromatic nitrogens is 3. The molecule has 0 radical (unpaired) electrons. The number of amides is 1. The Bertz CT molecular complexity index is 1390. The van der Waals surface area contributed by atoms with E-state index in [2.05, 4.69) is 20.4 Å². The SMILES string of the molecule is O=C(CCCOC(C(=O)[O-])c1cc2c3c(c1)CCCN3CCC2)Nc1cccc(-n2c(=S)[nH][nH]c2=S)c1.[K+]. The molecular formula is C26H28KN5O4S2. The van der Waals surface area contributed by atoms with E-state index in [1.165, 1.54) is 16.8 Å². The molecule has 1 atom stereocenters. The molecular weight excluding hydrogens is 550 g/mol. The van der Waals surface area contributed by atoms with Gasteiger partial charge in [-0.25, -0.2) is 0 Å². The Morgan fingerprint density at radius 2 is 1.71 bits per heavy atom. The van der Waals surface area contributed by atoms with E-state index in [1.54, 1.807) is 22.8 Å². The molecule has 1 amide bonds. The van der Waals surface area contributed by atoms with Gasteiger partial charge in [-0.15, -0.1) is 0 Å². The summed E-state index contributed by atoms with van der Waals surface area (Å²) in [5, 5.41) is 20.4. The summed E-state index contributed by atoms with van der Waals surface area (Å²) in [6, 6.07) is 11.1. The van der Waals surface area contributed by atoms with Crippen LogP contribution in [0.15, 0.2) is 36.4 Å². The van der Waals surface area contributed by atoms with Crippen LogP contribution in [-0.4, -0.2) is 46.3 Å². The van der Waals surface area contributed by atoms with E-state index in [0.29, 0.717) is 27.2 Å². The van der Waals surface area contributed by atoms with Crippen molar-refractivity contribution in [3.05, 3.63) is 62.6 Å². The summed E-state index contributed by atoms with van der Waals surface area (Å²) in [5.74, 6) is -1.47. The van der Waals surface area contributed by atoms with Crippen molar-refractivity contribution >= 4 is 47.7 Å². The number of hydrogen-bond donors (Lipinski definition) is 3. The summed E-state index contributed by atoms with van der Waals surface area (Å²) in [5.41, 5.74) is 5.61. The molecule has 1 aromatic heterocycles. The van der Waals surface area contributed by atoms with Crippen LogP contribution < -0.4 is 66.7 Å². The zero-order valence-corrected chi connectivity index (χ0v) is 26.0. The Kier molecular flexibility index (Phi) is 10.1. The van der Waals surface area contributed by atoms with E-state index in [9.17, 15) is 14.7 Å². The number of rotatable bonds is 9. The van der Waals surface area contributed by atoms with Crippen LogP contribution in [0.4, 0.5) is 11.4 Å². The van der Waals surface area contributed by atoms with E-state index < -0.39 is 12.1 Å². The maximum absolute atomic E-state index is 12.5. The molecule has 3 N–H and O–H groups in total. The second-order valence-corrected chi connectivity index (χ2v) is 10.1. The van der Waals surface area contributed by atoms with Crippen molar-refractivity contribution in [1.82, 2.24) is 14.8 Å². The summed E-state index contributed by atoms with van der Waals surface area (Å²) in [6.45, 7) is 2.23. The standard InChI is InChI=1S/C26H29N5O4S2.K/c32-21(27-19-7-1-8-20(15-19)31-25(36)28-29-26(31)37)9-4-12-35-23(24(33)34)18-13-16-5-2-10-30-11-3-6-17(14-18)22(16)30;/h1,7-8,13-15,23H,2-6,9-12H2,(H,27,32)(H,28,36)(H,29,37)(H,33,34);/q;+1/p-1. The van der Waals surface area contributed by atoms with Crippen molar-refractivity contribution in [3.63, 3.8) is 0 Å². The van der Waals surface area contributed by atoms with Crippen LogP contribution >= 0.6 is 24.4 Å². The maximum atomic E-state index is 12.5. The third-order valence-electron chi connectivity index (χ3n) is 6.77. The van der Waals surface area contributed by atoms with E-state index >= 15 is 0 Å². The van der Waals surface area contributed by atoms with Gasteiger partial charge in [-0.1, -0.05) is 18.2 Å². The number of ether oxygens (including phenoxy) is 1. The van der Waals surface area contributed by atoms with E-state index in [1.807, 2.05) is 18.2 Å². The van der Waals surface area contributed by atoms with Gasteiger partial charge in [0.25, 0.3) is 0 Å². The van der Waals surface area contributed by atoms with Gasteiger partial charge in [0.15, 0.2) is 9.54 Å². The van der Waals surface area contributed by atoms with Gasteiger partial charge < -0.3 is 24.9 Å². The number of nitrogens with zero attached hydrogens (tertiary/aromatic N) is 2. The molecule has 194 valence electrons. The number of anilines is 2. The molecule has 0 bridgehead atoms. The normalized spacial score (nSPS) is 14.8. The minimum absolute atomic E-state index is 0. The van der Waals surface area contributed by atoms with Gasteiger partial charge in [0.05, 0.1) is 11.7 Å². The third-order valence-corrected chi connectivity index (χ3v) is 7.34. The zero-order chi connectivity index (χ0) is 25.9. The average Bonchev–Trinajstić information content (AvgIpc) is 3.21. The van der Waals surface area contributed by atoms with Crippen LogP contribution in [0.25, 0.3) is 5.69 Å². The molecule has 3 aromatic rings. The Morgan fingerprint density at radius 1 is 1.05 bits per heavy atom. The number of carbonyl (C=O) groups is 2. The molecule has 0 saturated carbocycles. The maximum Gasteiger partial charge on any atom is 1.00 e. The van der Waals surface area contributed by atoms with E-state index in [0.717, 1.165) is 44.5 Å². The smallest absolute Gasteiger partial charge is 0.547 e. The van der Waals surface area contributed by atoms with Gasteiger partial charge in [-0.05, 0) is 91.4 Å². The van der Waals surface area contributed by atoms with Crippen LogP contribution in [0.5, 0.6) is 0 Å². The van der Waals surface area contributed by atoms with Gasteiger partial charge >= 0.3 is 51.4 Å². The van der Waals surface area contributed by atoms with Crippen molar-refractivity contribution in [3.8, 4) is 5.69 Å². The van der Waals surface area contributed by atoms with Crippen LogP contribution in [0.2, 0.25) is 0 Å². The number of nitrogens with one attached hydrogen (secondary N) is 3. The van der Waals surface area contributed by atoms with Gasteiger partial charge in [-0.3, -0.25) is 19.6 Å². The van der Waals surface area contributed by atoms with Crippen LogP contribution in [0.3, 0.4) is 0 Å². The molecule has 2 aromatic carbocycles. The molecule has 2 aliphatic rings. The Labute approximate surface area is 273 Å². The fraction of sp³-hybridized carbons (Fsp3) is 0.385. The predicted molar refractivity (Wildman–Crippen MR) is 143 cm³/mol. The molecule has 0 spiro atoms. The summed E-state index contributed by atoms with van der Waals surface area (Å²) < 4.78 is 8.23. The van der Waals surface area contributed by atoms with Crippen LogP contribution in [0, 0.1) is 9.54 Å². The average molecular weight is 578 g/mol. The van der Waals surface area contributed by atoms with Crippen molar-refractivity contribution in [2.24, 2.45) is 0 Å². The Hall–Kier alpha value is -1.64. The quantitative estimate of drug-likeness (QED) is 0.193. The molecule has 5 rings (SSSR count). The van der Waals surface area contributed by atoms with E-state index in [4.69, 9.17) is 29.2 Å². The van der Waals surface area contributed by atoms with Gasteiger partial charge in [-0.2, -0.15) is 0 Å². The first-order valence-corrected chi connectivity index (χ1v) is 13.3. The van der Waals surface area contributed by atoms with Crippen LogP contribution in [0.1, 0.15) is 48.5 Å². The van der Waals surface area contributed by atoms with Crippen molar-refractivity contribution in [1.29, 1.82) is 0 Å². The topological polar surface area (TPSA) is 118 Å². The van der Waals surface area contributed by atoms with Gasteiger partial charge in [0.1, 0.15) is 6.10 Å². The Balaban J connectivity index is 0.00000336. The summed E-state index contributed by atoms with van der Waals surface area (Å²) >= 11 is 10.5. The first-order valence-electron chi connectivity index (χ1n) is 12.4. The number of benzene rings is 2. The first-order chi connectivity index (χ1) is 17.9.